The molecular weight excluding hydrogens is 540 g/mol. The maximum Gasteiger partial charge on any atom is 0.416 e. The highest BCUT2D eigenvalue weighted by Crippen LogP contribution is 2.31. The van der Waals surface area contributed by atoms with Crippen molar-refractivity contribution in [2.75, 3.05) is 19.7 Å². The number of hydrogen-bond donors (Lipinski definition) is 3. The lowest BCUT2D eigenvalue weighted by molar-refractivity contribution is -0.137. The van der Waals surface area contributed by atoms with E-state index in [9.17, 15) is 18.3 Å². The smallest absolute Gasteiger partial charge is 0.416 e. The van der Waals surface area contributed by atoms with Crippen molar-refractivity contribution in [3.63, 3.8) is 0 Å². The average molecular weight is 570 g/mol. The first-order valence-corrected chi connectivity index (χ1v) is 9.94. The molecule has 180 valence electrons. The van der Waals surface area contributed by atoms with Gasteiger partial charge in [-0.2, -0.15) is 13.2 Å². The Labute approximate surface area is 202 Å². The molecule has 2 aromatic rings. The van der Waals surface area contributed by atoms with Gasteiger partial charge in [0.2, 0.25) is 5.89 Å². The topological polar surface area (TPSA) is 91.9 Å². The van der Waals surface area contributed by atoms with Gasteiger partial charge in [0.05, 0.1) is 11.8 Å². The Hall–Kier alpha value is -2.02. The molecule has 0 aliphatic heterocycles. The molecule has 0 aliphatic carbocycles. The van der Waals surface area contributed by atoms with Gasteiger partial charge in [0.1, 0.15) is 30.8 Å². The molecule has 1 heterocycles. The lowest BCUT2D eigenvalue weighted by Crippen LogP contribution is -2.42. The minimum Gasteiger partial charge on any atom is -0.491 e. The minimum atomic E-state index is -4.45. The van der Waals surface area contributed by atoms with Gasteiger partial charge in [0.15, 0.2) is 5.96 Å². The predicted molar refractivity (Wildman–Crippen MR) is 126 cm³/mol. The molecular formula is C21H30F3IN4O3. The van der Waals surface area contributed by atoms with Crippen molar-refractivity contribution in [2.24, 2.45) is 4.99 Å². The average Bonchev–Trinajstić information content (AvgIpc) is 3.18. The number of oxazole rings is 1. The third kappa shape index (κ3) is 9.23. The fourth-order valence-corrected chi connectivity index (χ4v) is 2.45. The van der Waals surface area contributed by atoms with E-state index < -0.39 is 17.8 Å². The van der Waals surface area contributed by atoms with Gasteiger partial charge >= 0.3 is 6.18 Å². The van der Waals surface area contributed by atoms with E-state index in [1.54, 1.807) is 6.20 Å². The van der Waals surface area contributed by atoms with Gasteiger partial charge < -0.3 is 24.9 Å². The van der Waals surface area contributed by atoms with E-state index in [1.165, 1.54) is 12.1 Å². The highest BCUT2D eigenvalue weighted by molar-refractivity contribution is 14.0. The van der Waals surface area contributed by atoms with E-state index in [4.69, 9.17) is 9.15 Å². The number of guanidine groups is 1. The summed E-state index contributed by atoms with van der Waals surface area (Å²) in [5.41, 5.74) is -0.957. The summed E-state index contributed by atoms with van der Waals surface area (Å²) in [6.07, 6.45) is -3.74. The van der Waals surface area contributed by atoms with Gasteiger partial charge in [-0.1, -0.05) is 26.8 Å². The fourth-order valence-electron chi connectivity index (χ4n) is 2.45. The fraction of sp³-hybridized carbons (Fsp3) is 0.524. The number of aliphatic hydroxyl groups is 1. The maximum atomic E-state index is 12.8. The van der Waals surface area contributed by atoms with Gasteiger partial charge in [-0.25, -0.2) is 9.98 Å². The first-order chi connectivity index (χ1) is 14.5. The number of benzene rings is 1. The molecule has 0 radical (unpaired) electrons. The Morgan fingerprint density at radius 3 is 2.56 bits per heavy atom. The standard InChI is InChI=1S/C21H29F3N4O3.HI/c1-5-25-19(28-12-18-26-11-17(31-18)20(2,3)4)27-10-15(29)13-30-16-8-6-7-14(9-16)21(22,23)24;/h6-9,11,15,29H,5,10,12-13H2,1-4H3,(H2,25,27,28);1H. The van der Waals surface area contributed by atoms with Crippen LogP contribution in [0.4, 0.5) is 13.2 Å². The van der Waals surface area contributed by atoms with E-state index >= 15 is 0 Å². The Bertz CT molecular complexity index is 866. The number of halogens is 4. The summed E-state index contributed by atoms with van der Waals surface area (Å²) in [7, 11) is 0. The van der Waals surface area contributed by atoms with Crippen molar-refractivity contribution in [2.45, 2.75) is 51.9 Å². The van der Waals surface area contributed by atoms with Crippen LogP contribution in [0.5, 0.6) is 5.75 Å². The van der Waals surface area contributed by atoms with E-state index in [2.05, 4.69) is 20.6 Å². The van der Waals surface area contributed by atoms with Crippen molar-refractivity contribution in [3.8, 4) is 5.75 Å². The number of alkyl halides is 3. The zero-order valence-electron chi connectivity index (χ0n) is 18.5. The summed E-state index contributed by atoms with van der Waals surface area (Å²) >= 11 is 0. The molecule has 1 aromatic carbocycles. The predicted octanol–water partition coefficient (Wildman–Crippen LogP) is 4.10. The van der Waals surface area contributed by atoms with Crippen LogP contribution in [0.2, 0.25) is 0 Å². The van der Waals surface area contributed by atoms with E-state index in [0.717, 1.165) is 17.9 Å². The number of rotatable bonds is 8. The molecule has 0 spiro atoms. The molecule has 0 aliphatic rings. The molecule has 2 rings (SSSR count). The summed E-state index contributed by atoms with van der Waals surface area (Å²) < 4.78 is 49.3. The van der Waals surface area contributed by atoms with Crippen LogP contribution in [0.15, 0.2) is 39.9 Å². The number of aliphatic imine (C=N–C) groups is 1. The minimum absolute atomic E-state index is 0. The number of nitrogens with zero attached hydrogens (tertiary/aromatic N) is 2. The quantitative estimate of drug-likeness (QED) is 0.252. The second-order valence-corrected chi connectivity index (χ2v) is 7.93. The molecule has 32 heavy (non-hydrogen) atoms. The molecule has 0 bridgehead atoms. The van der Waals surface area contributed by atoms with Gasteiger partial charge in [-0.3, -0.25) is 0 Å². The summed E-state index contributed by atoms with van der Waals surface area (Å²) in [6, 6.07) is 4.52. The SMILES string of the molecule is CCNC(=NCc1ncc(C(C)(C)C)o1)NCC(O)COc1cccc(C(F)(F)F)c1.I. The van der Waals surface area contributed by atoms with Gasteiger partial charge in [-0.15, -0.1) is 24.0 Å². The molecule has 0 amide bonds. The van der Waals surface area contributed by atoms with Crippen LogP contribution >= 0.6 is 24.0 Å². The van der Waals surface area contributed by atoms with Gasteiger partial charge in [-0.05, 0) is 25.1 Å². The highest BCUT2D eigenvalue weighted by Gasteiger charge is 2.30. The molecule has 7 nitrogen and oxygen atoms in total. The molecule has 0 saturated heterocycles. The molecule has 3 N–H and O–H groups in total. The van der Waals surface area contributed by atoms with Gasteiger partial charge in [0, 0.05) is 18.5 Å². The van der Waals surface area contributed by atoms with Crippen molar-refractivity contribution in [3.05, 3.63) is 47.7 Å². The van der Waals surface area contributed by atoms with Crippen molar-refractivity contribution in [1.82, 2.24) is 15.6 Å². The Morgan fingerprint density at radius 2 is 1.97 bits per heavy atom. The third-order valence-corrected chi connectivity index (χ3v) is 4.12. The van der Waals surface area contributed by atoms with E-state index in [1.807, 2.05) is 27.7 Å². The first kappa shape index (κ1) is 28.0. The van der Waals surface area contributed by atoms with E-state index in [-0.39, 0.29) is 54.8 Å². The van der Waals surface area contributed by atoms with Crippen molar-refractivity contribution in [1.29, 1.82) is 0 Å². The van der Waals surface area contributed by atoms with Crippen molar-refractivity contribution < 1.29 is 27.4 Å². The monoisotopic (exact) mass is 570 g/mol. The third-order valence-electron chi connectivity index (χ3n) is 4.12. The van der Waals surface area contributed by atoms with Gasteiger partial charge in [0.25, 0.3) is 0 Å². The summed E-state index contributed by atoms with van der Waals surface area (Å²) in [5, 5.41) is 16.1. The van der Waals surface area contributed by atoms with Crippen molar-refractivity contribution >= 4 is 29.9 Å². The molecule has 1 atom stereocenters. The number of aromatic nitrogens is 1. The molecule has 0 fully saturated rings. The Balaban J connectivity index is 0.00000512. The lowest BCUT2D eigenvalue weighted by atomic mass is 9.94. The normalized spacial score (nSPS) is 13.3. The molecule has 11 heteroatoms. The molecule has 1 unspecified atom stereocenters. The van der Waals surface area contributed by atoms with E-state index in [0.29, 0.717) is 18.4 Å². The van der Waals surface area contributed by atoms with Crippen LogP contribution in [-0.2, 0) is 18.1 Å². The number of ether oxygens (including phenoxy) is 1. The Morgan fingerprint density at radius 1 is 1.25 bits per heavy atom. The Kier molecular flexibility index (Phi) is 10.8. The van der Waals surface area contributed by atoms with Crippen LogP contribution in [-0.4, -0.2) is 41.9 Å². The first-order valence-electron chi connectivity index (χ1n) is 9.94. The van der Waals surface area contributed by atoms with Crippen LogP contribution in [0.1, 0.15) is 44.9 Å². The highest BCUT2D eigenvalue weighted by atomic mass is 127. The lowest BCUT2D eigenvalue weighted by Gasteiger charge is -2.16. The zero-order chi connectivity index (χ0) is 23.1. The number of hydrogen-bond acceptors (Lipinski definition) is 5. The van der Waals surface area contributed by atoms with Crippen LogP contribution < -0.4 is 15.4 Å². The second-order valence-electron chi connectivity index (χ2n) is 7.93. The maximum absolute atomic E-state index is 12.8. The van der Waals surface area contributed by atoms with Crippen LogP contribution in [0.25, 0.3) is 0 Å². The summed E-state index contributed by atoms with van der Waals surface area (Å²) in [5.74, 6) is 1.71. The zero-order valence-corrected chi connectivity index (χ0v) is 20.8. The largest absolute Gasteiger partial charge is 0.491 e. The van der Waals surface area contributed by atoms with Crippen LogP contribution in [0, 0.1) is 0 Å². The number of nitrogens with one attached hydrogen (secondary N) is 2. The summed E-state index contributed by atoms with van der Waals surface area (Å²) in [6.45, 7) is 8.68. The molecule has 0 saturated carbocycles. The van der Waals surface area contributed by atoms with Crippen LogP contribution in [0.3, 0.4) is 0 Å². The summed E-state index contributed by atoms with van der Waals surface area (Å²) in [4.78, 5) is 8.59. The number of aliphatic hydroxyl groups excluding tert-OH is 1. The second kappa shape index (κ2) is 12.3. The molecule has 1 aromatic heterocycles.